The summed E-state index contributed by atoms with van der Waals surface area (Å²) < 4.78 is 0. The van der Waals surface area contributed by atoms with Gasteiger partial charge in [-0.1, -0.05) is 206 Å². The van der Waals surface area contributed by atoms with Gasteiger partial charge < -0.3 is 0 Å². The van der Waals surface area contributed by atoms with Gasteiger partial charge in [-0.3, -0.25) is 0 Å². The van der Waals surface area contributed by atoms with Crippen LogP contribution in [0.3, 0.4) is 0 Å². The van der Waals surface area contributed by atoms with Crippen molar-refractivity contribution >= 4 is 0 Å². The minimum Gasteiger partial charge on any atom is -0.0654 e. The summed E-state index contributed by atoms with van der Waals surface area (Å²) in [6.45, 7) is 6.94. The van der Waals surface area contributed by atoms with E-state index in [0.717, 1.165) is 0 Å². The summed E-state index contributed by atoms with van der Waals surface area (Å²) in [4.78, 5) is 0. The van der Waals surface area contributed by atoms with E-state index in [1.54, 1.807) is 16.7 Å². The molecule has 0 saturated carbocycles. The van der Waals surface area contributed by atoms with Gasteiger partial charge >= 0.3 is 0 Å². The van der Waals surface area contributed by atoms with Crippen molar-refractivity contribution in [2.45, 2.75) is 233 Å². The average molecular weight is 582 g/mol. The standard InChI is InChI=1S/C42H77/c1-4-7-10-13-16-19-22-25-28-31-35-40-37-34-38-41(36-32-29-26-23-20-17-14-11-8-5-2)42(40)39-33-30-27-24-21-18-15-12-9-6-3/h34,37H,4-33,35-36,39H2,1-3H3. The number of hydrogen-bond acceptors (Lipinski definition) is 0. The molecule has 0 bridgehead atoms. The van der Waals surface area contributed by atoms with Gasteiger partial charge in [0, 0.05) is 0 Å². The molecule has 245 valence electrons. The van der Waals surface area contributed by atoms with Crippen LogP contribution >= 0.6 is 0 Å². The molecule has 0 atom stereocenters. The smallest absolute Gasteiger partial charge is 0.0146 e. The van der Waals surface area contributed by atoms with E-state index < -0.39 is 0 Å². The van der Waals surface area contributed by atoms with Crippen LogP contribution in [0, 0.1) is 6.07 Å². The van der Waals surface area contributed by atoms with E-state index in [1.165, 1.54) is 212 Å². The molecule has 42 heavy (non-hydrogen) atoms. The van der Waals surface area contributed by atoms with Crippen LogP contribution in [0.1, 0.15) is 230 Å². The molecule has 0 aliphatic rings. The lowest BCUT2D eigenvalue weighted by Gasteiger charge is -2.15. The zero-order chi connectivity index (χ0) is 30.2. The monoisotopic (exact) mass is 582 g/mol. The Morgan fingerprint density at radius 2 is 0.667 bits per heavy atom. The van der Waals surface area contributed by atoms with Crippen molar-refractivity contribution in [3.63, 3.8) is 0 Å². The van der Waals surface area contributed by atoms with Gasteiger partial charge in [-0.15, -0.1) is 0 Å². The van der Waals surface area contributed by atoms with Crippen LogP contribution in [0.2, 0.25) is 0 Å². The Kier molecular flexibility index (Phi) is 29.6. The second-order valence-electron chi connectivity index (χ2n) is 13.8. The molecule has 0 fully saturated rings. The summed E-state index contributed by atoms with van der Waals surface area (Å²) in [5.41, 5.74) is 4.96. The highest BCUT2D eigenvalue weighted by molar-refractivity contribution is 5.35. The first kappa shape index (κ1) is 39.2. The van der Waals surface area contributed by atoms with E-state index in [1.807, 2.05) is 0 Å². The van der Waals surface area contributed by atoms with Crippen LogP contribution in [0.25, 0.3) is 0 Å². The summed E-state index contributed by atoms with van der Waals surface area (Å²) in [5, 5.41) is 0. The molecule has 1 radical (unpaired) electrons. The summed E-state index contributed by atoms with van der Waals surface area (Å²) in [5.74, 6) is 0. The Balaban J connectivity index is 2.41. The lowest BCUT2D eigenvalue weighted by atomic mass is 9.90. The summed E-state index contributed by atoms with van der Waals surface area (Å²) in [7, 11) is 0. The Labute approximate surface area is 267 Å². The molecular weight excluding hydrogens is 504 g/mol. The molecule has 0 N–H and O–H groups in total. The SMILES string of the molecule is CCCCCCCCCCCCc1[c]ccc(CCCCCCCCCCCC)c1CCCCCCCCCCCC. The lowest BCUT2D eigenvalue weighted by molar-refractivity contribution is 0.551. The van der Waals surface area contributed by atoms with Gasteiger partial charge in [-0.25, -0.2) is 0 Å². The van der Waals surface area contributed by atoms with Crippen molar-refractivity contribution in [2.75, 3.05) is 0 Å². The molecule has 1 aromatic carbocycles. The Morgan fingerprint density at radius 1 is 0.357 bits per heavy atom. The highest BCUT2D eigenvalue weighted by atomic mass is 14.1. The third-order valence-corrected chi connectivity index (χ3v) is 9.65. The fourth-order valence-corrected chi connectivity index (χ4v) is 6.77. The van der Waals surface area contributed by atoms with E-state index in [2.05, 4.69) is 39.0 Å². The lowest BCUT2D eigenvalue weighted by Crippen LogP contribution is -2.02. The van der Waals surface area contributed by atoms with E-state index >= 15 is 0 Å². The highest BCUT2D eigenvalue weighted by Gasteiger charge is 2.09. The molecular formula is C42H77. The minimum atomic E-state index is 1.26. The predicted octanol–water partition coefficient (Wildman–Crippen LogP) is 14.9. The molecule has 1 aromatic rings. The van der Waals surface area contributed by atoms with Crippen molar-refractivity contribution in [3.8, 4) is 0 Å². The van der Waals surface area contributed by atoms with Gasteiger partial charge in [-0.05, 0) is 61.3 Å². The highest BCUT2D eigenvalue weighted by Crippen LogP contribution is 2.23. The first-order valence-corrected chi connectivity index (χ1v) is 19.8. The number of aryl methyl sites for hydroxylation is 2. The Hall–Kier alpha value is -0.780. The average Bonchev–Trinajstić information content (AvgIpc) is 3.00. The van der Waals surface area contributed by atoms with E-state index in [0.29, 0.717) is 0 Å². The third kappa shape index (κ3) is 23.6. The second kappa shape index (κ2) is 31.6. The second-order valence-corrected chi connectivity index (χ2v) is 13.8. The maximum Gasteiger partial charge on any atom is -0.0146 e. The van der Waals surface area contributed by atoms with Crippen molar-refractivity contribution < 1.29 is 0 Å². The largest absolute Gasteiger partial charge is 0.0654 e. The normalized spacial score (nSPS) is 11.5. The van der Waals surface area contributed by atoms with Crippen molar-refractivity contribution in [1.82, 2.24) is 0 Å². The Bertz CT molecular complexity index is 616. The molecule has 1 rings (SSSR count). The molecule has 0 nitrogen and oxygen atoms in total. The fraction of sp³-hybridized carbons (Fsp3) is 0.857. The molecule has 0 heteroatoms. The first-order chi connectivity index (χ1) is 20.8. The molecule has 0 aliphatic heterocycles. The van der Waals surface area contributed by atoms with Crippen LogP contribution in [0.5, 0.6) is 0 Å². The molecule has 0 saturated heterocycles. The van der Waals surface area contributed by atoms with Crippen molar-refractivity contribution in [3.05, 3.63) is 34.9 Å². The molecule has 0 unspecified atom stereocenters. The molecule has 0 heterocycles. The maximum atomic E-state index is 3.73. The van der Waals surface area contributed by atoms with Crippen molar-refractivity contribution in [2.24, 2.45) is 0 Å². The minimum absolute atomic E-state index is 1.26. The van der Waals surface area contributed by atoms with Crippen LogP contribution in [0.15, 0.2) is 12.1 Å². The number of rotatable bonds is 33. The van der Waals surface area contributed by atoms with Gasteiger partial charge in [0.15, 0.2) is 0 Å². The van der Waals surface area contributed by atoms with Crippen LogP contribution in [0.4, 0.5) is 0 Å². The Morgan fingerprint density at radius 3 is 1.05 bits per heavy atom. The van der Waals surface area contributed by atoms with Gasteiger partial charge in [0.1, 0.15) is 0 Å². The van der Waals surface area contributed by atoms with Gasteiger partial charge in [0.25, 0.3) is 0 Å². The van der Waals surface area contributed by atoms with E-state index in [9.17, 15) is 0 Å². The third-order valence-electron chi connectivity index (χ3n) is 9.65. The number of unbranched alkanes of at least 4 members (excludes halogenated alkanes) is 27. The summed E-state index contributed by atoms with van der Waals surface area (Å²) >= 11 is 0. The molecule has 0 aliphatic carbocycles. The quantitative estimate of drug-likeness (QED) is 0.0724. The molecule has 0 aromatic heterocycles. The van der Waals surface area contributed by atoms with Crippen molar-refractivity contribution in [1.29, 1.82) is 0 Å². The van der Waals surface area contributed by atoms with Gasteiger partial charge in [-0.2, -0.15) is 0 Å². The zero-order valence-electron chi connectivity index (χ0n) is 29.5. The molecule has 0 spiro atoms. The van der Waals surface area contributed by atoms with Crippen LogP contribution < -0.4 is 0 Å². The fourth-order valence-electron chi connectivity index (χ4n) is 6.77. The van der Waals surface area contributed by atoms with E-state index in [-0.39, 0.29) is 0 Å². The first-order valence-electron chi connectivity index (χ1n) is 19.8. The predicted molar refractivity (Wildman–Crippen MR) is 192 cm³/mol. The van der Waals surface area contributed by atoms with Crippen LogP contribution in [-0.4, -0.2) is 0 Å². The summed E-state index contributed by atoms with van der Waals surface area (Å²) in [6, 6.07) is 8.43. The van der Waals surface area contributed by atoms with Crippen LogP contribution in [-0.2, 0) is 19.3 Å². The number of benzene rings is 1. The summed E-state index contributed by atoms with van der Waals surface area (Å²) in [6.07, 6.45) is 46.7. The van der Waals surface area contributed by atoms with Gasteiger partial charge in [0.05, 0.1) is 0 Å². The van der Waals surface area contributed by atoms with Gasteiger partial charge in [0.2, 0.25) is 0 Å². The molecule has 0 amide bonds. The number of hydrogen-bond donors (Lipinski definition) is 0. The maximum absolute atomic E-state index is 3.73. The zero-order valence-corrected chi connectivity index (χ0v) is 29.5. The topological polar surface area (TPSA) is 0 Å². The van der Waals surface area contributed by atoms with E-state index in [4.69, 9.17) is 0 Å².